The van der Waals surface area contributed by atoms with Crippen molar-refractivity contribution in [3.63, 3.8) is 0 Å². The summed E-state index contributed by atoms with van der Waals surface area (Å²) < 4.78 is 35.7. The number of benzene rings is 3. The Morgan fingerprint density at radius 2 is 1.34 bits per heavy atom. The van der Waals surface area contributed by atoms with Crippen LogP contribution in [0.4, 0.5) is 8.63 Å². The SMILES string of the molecule is Cc1ccc(C2=C3C=CC(c4ccc(C=O)cc4)=[N+]3[B-](F)(F)n3c2cc(Cl)c3-c2ccc(C=O)cc2)cc1. The first kappa shape index (κ1) is 24.0. The number of halogens is 3. The van der Waals surface area contributed by atoms with Crippen LogP contribution in [-0.4, -0.2) is 34.2 Å². The second-order valence-electron chi connectivity index (χ2n) is 9.38. The molecule has 0 amide bonds. The highest BCUT2D eigenvalue weighted by Crippen LogP contribution is 2.46. The van der Waals surface area contributed by atoms with Crippen LogP contribution in [0.15, 0.2) is 96.7 Å². The van der Waals surface area contributed by atoms with Gasteiger partial charge < -0.3 is 17.6 Å². The van der Waals surface area contributed by atoms with Crippen LogP contribution in [0.3, 0.4) is 0 Å². The topological polar surface area (TPSA) is 42.1 Å². The number of aromatic nitrogens is 1. The van der Waals surface area contributed by atoms with Gasteiger partial charge in [0.15, 0.2) is 11.4 Å². The predicted molar refractivity (Wildman–Crippen MR) is 146 cm³/mol. The minimum Gasteiger partial charge on any atom is -0.389 e. The summed E-state index contributed by atoms with van der Waals surface area (Å²) >= 11 is 6.68. The molecule has 1 aromatic heterocycles. The second kappa shape index (κ2) is 8.89. The first-order valence-corrected chi connectivity index (χ1v) is 12.4. The Bertz CT molecular complexity index is 1720. The molecule has 0 bridgehead atoms. The van der Waals surface area contributed by atoms with Crippen molar-refractivity contribution in [2.45, 2.75) is 6.92 Å². The molecule has 2 aliphatic heterocycles. The van der Waals surface area contributed by atoms with Crippen LogP contribution in [0.2, 0.25) is 5.02 Å². The number of aldehydes is 2. The number of nitrogens with zero attached hydrogens (tertiary/aromatic N) is 2. The third-order valence-electron chi connectivity index (χ3n) is 7.04. The fourth-order valence-corrected chi connectivity index (χ4v) is 5.53. The molecule has 0 N–H and O–H groups in total. The lowest BCUT2D eigenvalue weighted by Crippen LogP contribution is -2.51. The van der Waals surface area contributed by atoms with Crippen molar-refractivity contribution in [3.05, 3.63) is 135 Å². The quantitative estimate of drug-likeness (QED) is 0.213. The zero-order valence-electron chi connectivity index (χ0n) is 20.2. The summed E-state index contributed by atoms with van der Waals surface area (Å²) in [4.78, 5) is 22.3. The average Bonchev–Trinajstić information content (AvgIpc) is 3.53. The summed E-state index contributed by atoms with van der Waals surface area (Å²) in [6.45, 7) is -2.43. The van der Waals surface area contributed by atoms with E-state index in [1.807, 2.05) is 31.2 Å². The van der Waals surface area contributed by atoms with Crippen LogP contribution in [0, 0.1) is 6.92 Å². The first-order chi connectivity index (χ1) is 18.3. The molecule has 4 aromatic rings. The lowest BCUT2D eigenvalue weighted by molar-refractivity contribution is -0.360. The van der Waals surface area contributed by atoms with Gasteiger partial charge in [-0.1, -0.05) is 77.8 Å². The smallest absolute Gasteiger partial charge is 0.389 e. The Labute approximate surface area is 222 Å². The van der Waals surface area contributed by atoms with Gasteiger partial charge in [-0.2, -0.15) is 0 Å². The third kappa shape index (κ3) is 3.62. The van der Waals surface area contributed by atoms with Gasteiger partial charge in [-0.3, -0.25) is 9.59 Å². The van der Waals surface area contributed by atoms with Gasteiger partial charge in [-0.25, -0.2) is 0 Å². The van der Waals surface area contributed by atoms with Gasteiger partial charge >= 0.3 is 6.97 Å². The van der Waals surface area contributed by atoms with Gasteiger partial charge in [-0.05, 0) is 36.2 Å². The van der Waals surface area contributed by atoms with Gasteiger partial charge in [0.2, 0.25) is 0 Å². The van der Waals surface area contributed by atoms with Crippen molar-refractivity contribution < 1.29 is 22.7 Å². The average molecular weight is 525 g/mol. The number of aryl methyl sites for hydroxylation is 1. The largest absolute Gasteiger partial charge is 0.737 e. The Morgan fingerprint density at radius 3 is 1.92 bits per heavy atom. The summed E-state index contributed by atoms with van der Waals surface area (Å²) in [7, 11) is 0. The van der Waals surface area contributed by atoms with Gasteiger partial charge in [-0.15, -0.1) is 0 Å². The molecule has 0 atom stereocenters. The van der Waals surface area contributed by atoms with Crippen molar-refractivity contribution >= 4 is 42.4 Å². The maximum absolute atomic E-state index is 16.8. The number of allylic oxidation sites excluding steroid dienone is 2. The zero-order valence-corrected chi connectivity index (χ0v) is 21.0. The highest BCUT2D eigenvalue weighted by atomic mass is 35.5. The maximum atomic E-state index is 16.8. The standard InChI is InChI=1S/C30H20BClF2N2O2/c1-19-2-8-23(9-3-19)29-27-15-14-26(22-10-4-20(17-37)5-11-22)35(27)31(33,34)36-28(29)16-25(32)30(36)24-12-6-21(18-38)7-13-24/h2-18H,1H3. The van der Waals surface area contributed by atoms with Crippen molar-refractivity contribution in [2.24, 2.45) is 0 Å². The summed E-state index contributed by atoms with van der Waals surface area (Å²) in [5.41, 5.74) is 5.58. The number of hydrogen-bond acceptors (Lipinski definition) is 2. The molecule has 186 valence electrons. The van der Waals surface area contributed by atoms with Crippen LogP contribution in [0.25, 0.3) is 16.8 Å². The fraction of sp³-hybridized carbons (Fsp3) is 0.0333. The lowest BCUT2D eigenvalue weighted by Gasteiger charge is -2.33. The Hall–Kier alpha value is -4.36. The molecule has 38 heavy (non-hydrogen) atoms. The molecule has 2 aliphatic rings. The monoisotopic (exact) mass is 524 g/mol. The van der Waals surface area contributed by atoms with E-state index in [-0.39, 0.29) is 10.7 Å². The number of carbonyl (C=O) groups excluding carboxylic acids is 2. The molecule has 0 unspecified atom stereocenters. The molecule has 3 heterocycles. The molecule has 0 radical (unpaired) electrons. The van der Waals surface area contributed by atoms with Crippen molar-refractivity contribution in [1.29, 1.82) is 0 Å². The van der Waals surface area contributed by atoms with Gasteiger partial charge in [0.05, 0.1) is 10.6 Å². The van der Waals surface area contributed by atoms with Crippen molar-refractivity contribution in [2.75, 3.05) is 0 Å². The predicted octanol–water partition coefficient (Wildman–Crippen LogP) is 6.81. The molecular formula is C30H20BClF2N2O2. The molecule has 4 nitrogen and oxygen atoms in total. The molecule has 0 saturated carbocycles. The Morgan fingerprint density at radius 1 is 0.789 bits per heavy atom. The highest BCUT2D eigenvalue weighted by molar-refractivity contribution is 6.59. The molecule has 6 rings (SSSR count). The molecule has 0 fully saturated rings. The van der Waals surface area contributed by atoms with E-state index in [1.165, 1.54) is 0 Å². The molecule has 0 saturated heterocycles. The van der Waals surface area contributed by atoms with E-state index < -0.39 is 6.97 Å². The summed E-state index contributed by atoms with van der Waals surface area (Å²) in [6, 6.07) is 22.3. The minimum absolute atomic E-state index is 0.176. The van der Waals surface area contributed by atoms with E-state index in [4.69, 9.17) is 11.6 Å². The number of fused-ring (bicyclic) bond motifs is 2. The number of carbonyl (C=O) groups is 2. The zero-order chi connectivity index (χ0) is 26.6. The normalized spacial score (nSPS) is 15.5. The van der Waals surface area contributed by atoms with E-state index >= 15 is 8.63 Å². The molecule has 3 aromatic carbocycles. The molecule has 0 aliphatic carbocycles. The van der Waals surface area contributed by atoms with Crippen molar-refractivity contribution in [3.8, 4) is 11.3 Å². The third-order valence-corrected chi connectivity index (χ3v) is 7.33. The van der Waals surface area contributed by atoms with Crippen LogP contribution in [0.5, 0.6) is 0 Å². The summed E-state index contributed by atoms with van der Waals surface area (Å²) in [6.07, 6.45) is 4.81. The van der Waals surface area contributed by atoms with E-state index in [2.05, 4.69) is 0 Å². The van der Waals surface area contributed by atoms with E-state index in [1.54, 1.807) is 66.7 Å². The van der Waals surface area contributed by atoms with Crippen LogP contribution >= 0.6 is 11.6 Å². The molecular weight excluding hydrogens is 505 g/mol. The number of hydrogen-bond donors (Lipinski definition) is 0. The van der Waals surface area contributed by atoms with Gasteiger partial charge in [0.25, 0.3) is 0 Å². The first-order valence-electron chi connectivity index (χ1n) is 12.0. The Kier molecular flexibility index (Phi) is 5.62. The maximum Gasteiger partial charge on any atom is 0.737 e. The van der Waals surface area contributed by atoms with E-state index in [0.717, 1.165) is 26.4 Å². The lowest BCUT2D eigenvalue weighted by atomic mass is 9.85. The fourth-order valence-electron chi connectivity index (χ4n) is 5.22. The molecule has 8 heteroatoms. The second-order valence-corrected chi connectivity index (χ2v) is 9.79. The summed E-state index contributed by atoms with van der Waals surface area (Å²) in [5.74, 6) is 0. The minimum atomic E-state index is -4.40. The number of rotatable bonds is 5. The van der Waals surface area contributed by atoms with E-state index in [0.29, 0.717) is 51.2 Å². The summed E-state index contributed by atoms with van der Waals surface area (Å²) in [5, 5.41) is 0.188. The highest BCUT2D eigenvalue weighted by Gasteiger charge is 2.55. The van der Waals surface area contributed by atoms with Gasteiger partial charge in [0, 0.05) is 40.2 Å². The van der Waals surface area contributed by atoms with Crippen LogP contribution in [-0.2, 0) is 0 Å². The van der Waals surface area contributed by atoms with Crippen molar-refractivity contribution in [1.82, 2.24) is 4.48 Å². The molecule has 0 spiro atoms. The van der Waals surface area contributed by atoms with E-state index in [9.17, 15) is 9.59 Å². The Balaban J connectivity index is 1.67. The van der Waals surface area contributed by atoms with Crippen LogP contribution in [0.1, 0.15) is 43.1 Å². The van der Waals surface area contributed by atoms with Gasteiger partial charge in [0.1, 0.15) is 12.6 Å². The van der Waals surface area contributed by atoms with Crippen LogP contribution < -0.4 is 0 Å².